The van der Waals surface area contributed by atoms with E-state index in [9.17, 15) is 0 Å². The van der Waals surface area contributed by atoms with Crippen LogP contribution in [0.2, 0.25) is 0 Å². The van der Waals surface area contributed by atoms with Gasteiger partial charge in [0, 0.05) is 47.7 Å². The van der Waals surface area contributed by atoms with E-state index in [0.29, 0.717) is 0 Å². The van der Waals surface area contributed by atoms with Gasteiger partial charge in [-0.05, 0) is 52.9 Å². The maximum absolute atomic E-state index is 4.57. The van der Waals surface area contributed by atoms with Gasteiger partial charge in [-0.25, -0.2) is 9.97 Å². The molecule has 1 saturated heterocycles. The average Bonchev–Trinajstić information content (AvgIpc) is 2.67. The second-order valence-corrected chi connectivity index (χ2v) is 7.81. The molecule has 0 aliphatic carbocycles. The molecular formula is C19H21IN6. The van der Waals surface area contributed by atoms with E-state index in [4.69, 9.17) is 0 Å². The molecule has 1 N–H and O–H groups in total. The van der Waals surface area contributed by atoms with Crippen molar-refractivity contribution in [2.45, 2.75) is 6.54 Å². The Bertz CT molecular complexity index is 838. The number of benzene rings is 1. The van der Waals surface area contributed by atoms with Gasteiger partial charge in [-0.15, -0.1) is 0 Å². The van der Waals surface area contributed by atoms with Crippen LogP contribution in [0, 0.1) is 3.57 Å². The highest BCUT2D eigenvalue weighted by Gasteiger charge is 2.15. The highest BCUT2D eigenvalue weighted by atomic mass is 127. The number of hydrogen-bond donors (Lipinski definition) is 1. The van der Waals surface area contributed by atoms with Gasteiger partial charge in [0.15, 0.2) is 0 Å². The van der Waals surface area contributed by atoms with Crippen LogP contribution in [0.5, 0.6) is 0 Å². The molecule has 2 aliphatic rings. The molecular weight excluding hydrogens is 439 g/mol. The minimum Gasteiger partial charge on any atom is -0.353 e. The maximum atomic E-state index is 4.57. The molecule has 7 heteroatoms. The number of anilines is 2. The first kappa shape index (κ1) is 17.4. The Kier molecular flexibility index (Phi) is 5.16. The lowest BCUT2D eigenvalue weighted by Crippen LogP contribution is -2.44. The zero-order chi connectivity index (χ0) is 17.9. The Morgan fingerprint density at radius 2 is 1.96 bits per heavy atom. The number of aromatic nitrogens is 2. The van der Waals surface area contributed by atoms with Crippen LogP contribution >= 0.6 is 22.6 Å². The van der Waals surface area contributed by atoms with Crippen LogP contribution in [0.25, 0.3) is 5.57 Å². The van der Waals surface area contributed by atoms with Crippen LogP contribution in [0.3, 0.4) is 0 Å². The van der Waals surface area contributed by atoms with Gasteiger partial charge in [0.1, 0.15) is 11.6 Å². The lowest BCUT2D eigenvalue weighted by atomic mass is 9.99. The molecule has 0 bridgehead atoms. The second-order valence-electron chi connectivity index (χ2n) is 6.57. The summed E-state index contributed by atoms with van der Waals surface area (Å²) in [5.74, 6) is 1.68. The molecule has 2 aliphatic heterocycles. The topological polar surface area (TPSA) is 56.6 Å². The summed E-state index contributed by atoms with van der Waals surface area (Å²) < 4.78 is 1.22. The zero-order valence-corrected chi connectivity index (χ0v) is 16.8. The lowest BCUT2D eigenvalue weighted by Gasteiger charge is -2.32. The Morgan fingerprint density at radius 3 is 2.73 bits per heavy atom. The summed E-state index contributed by atoms with van der Waals surface area (Å²) >= 11 is 2.34. The molecule has 0 atom stereocenters. The van der Waals surface area contributed by atoms with Crippen molar-refractivity contribution in [2.24, 2.45) is 4.99 Å². The van der Waals surface area contributed by atoms with Crippen molar-refractivity contribution < 1.29 is 0 Å². The molecule has 134 valence electrons. The van der Waals surface area contributed by atoms with Gasteiger partial charge in [0.05, 0.1) is 18.9 Å². The fraction of sp³-hybridized carbons (Fsp3) is 0.316. The van der Waals surface area contributed by atoms with E-state index in [1.165, 1.54) is 14.7 Å². The number of fused-ring (bicyclic) bond motifs is 1. The maximum Gasteiger partial charge on any atom is 0.148 e. The Morgan fingerprint density at radius 1 is 1.12 bits per heavy atom. The van der Waals surface area contributed by atoms with Gasteiger partial charge in [0.2, 0.25) is 0 Å². The molecule has 2 aromatic rings. The quantitative estimate of drug-likeness (QED) is 0.715. The van der Waals surface area contributed by atoms with Crippen LogP contribution < -0.4 is 10.2 Å². The third-order valence-corrected chi connectivity index (χ3v) is 5.39. The molecule has 26 heavy (non-hydrogen) atoms. The number of rotatable bonds is 3. The largest absolute Gasteiger partial charge is 0.353 e. The molecule has 0 amide bonds. The van der Waals surface area contributed by atoms with Crippen LogP contribution in [0.15, 0.2) is 41.8 Å². The van der Waals surface area contributed by atoms with Crippen molar-refractivity contribution in [3.05, 3.63) is 51.5 Å². The van der Waals surface area contributed by atoms with E-state index in [0.717, 1.165) is 49.9 Å². The molecule has 1 aromatic carbocycles. The van der Waals surface area contributed by atoms with Crippen molar-refractivity contribution in [2.75, 3.05) is 43.4 Å². The molecule has 1 fully saturated rings. The number of allylic oxidation sites excluding steroid dienone is 1. The lowest BCUT2D eigenvalue weighted by molar-refractivity contribution is 0.312. The van der Waals surface area contributed by atoms with Crippen LogP contribution in [-0.2, 0) is 6.54 Å². The number of aliphatic imine (C=N–C) groups is 1. The predicted octanol–water partition coefficient (Wildman–Crippen LogP) is 2.87. The minimum atomic E-state index is 0.738. The van der Waals surface area contributed by atoms with E-state index in [-0.39, 0.29) is 0 Å². The van der Waals surface area contributed by atoms with Gasteiger partial charge in [-0.1, -0.05) is 6.07 Å². The monoisotopic (exact) mass is 460 g/mol. The smallest absolute Gasteiger partial charge is 0.148 e. The fourth-order valence-electron chi connectivity index (χ4n) is 3.13. The van der Waals surface area contributed by atoms with Gasteiger partial charge in [0.25, 0.3) is 0 Å². The summed E-state index contributed by atoms with van der Waals surface area (Å²) in [5, 5.41) is 3.26. The van der Waals surface area contributed by atoms with E-state index in [2.05, 4.69) is 77.9 Å². The zero-order valence-electron chi connectivity index (χ0n) is 14.7. The number of hydrogen-bond acceptors (Lipinski definition) is 6. The molecule has 3 heterocycles. The first-order valence-corrected chi connectivity index (χ1v) is 9.78. The van der Waals surface area contributed by atoms with Crippen molar-refractivity contribution >= 4 is 46.0 Å². The summed E-state index contributed by atoms with van der Waals surface area (Å²) in [5.41, 5.74) is 3.54. The third-order valence-electron chi connectivity index (χ3n) is 4.72. The third kappa shape index (κ3) is 3.88. The van der Waals surface area contributed by atoms with Crippen LogP contribution in [-0.4, -0.2) is 54.3 Å². The van der Waals surface area contributed by atoms with Crippen molar-refractivity contribution in [3.63, 3.8) is 0 Å². The predicted molar refractivity (Wildman–Crippen MR) is 115 cm³/mol. The van der Waals surface area contributed by atoms with Crippen LogP contribution in [0.4, 0.5) is 11.6 Å². The first-order chi connectivity index (χ1) is 12.7. The molecule has 0 radical (unpaired) electrons. The number of halogens is 1. The van der Waals surface area contributed by atoms with Crippen molar-refractivity contribution in [1.29, 1.82) is 0 Å². The number of nitrogens with one attached hydrogen (secondary N) is 1. The van der Waals surface area contributed by atoms with E-state index in [1.807, 2.05) is 18.6 Å². The number of likely N-dealkylation sites (N-methyl/N-ethyl adjacent to an activating group) is 1. The SMILES string of the molecule is CN1CCN(c2cnc(N/C=C3\C=NCc4ccc(I)cc43)cn2)CC1. The van der Waals surface area contributed by atoms with E-state index in [1.54, 1.807) is 6.20 Å². The summed E-state index contributed by atoms with van der Waals surface area (Å²) in [6.45, 7) is 4.85. The van der Waals surface area contributed by atoms with Crippen molar-refractivity contribution in [1.82, 2.24) is 14.9 Å². The van der Waals surface area contributed by atoms with Gasteiger partial charge in [-0.2, -0.15) is 0 Å². The van der Waals surface area contributed by atoms with E-state index >= 15 is 0 Å². The van der Waals surface area contributed by atoms with Gasteiger partial charge >= 0.3 is 0 Å². The highest BCUT2D eigenvalue weighted by Crippen LogP contribution is 2.25. The summed E-state index contributed by atoms with van der Waals surface area (Å²) in [6.07, 6.45) is 7.51. The standard InChI is InChI=1S/C19H21IN6/c1-25-4-6-26(7-5-25)19-13-23-18(12-24-19)22-11-15-10-21-9-14-2-3-16(20)8-17(14)15/h2-3,8,10-13H,4-7,9H2,1H3,(H,22,23)/b15-11+. The summed E-state index contributed by atoms with van der Waals surface area (Å²) in [4.78, 5) is 18.1. The van der Waals surface area contributed by atoms with Crippen molar-refractivity contribution in [3.8, 4) is 0 Å². The first-order valence-electron chi connectivity index (χ1n) is 8.70. The van der Waals surface area contributed by atoms with Gasteiger partial charge < -0.3 is 15.1 Å². The highest BCUT2D eigenvalue weighted by molar-refractivity contribution is 14.1. The molecule has 0 spiro atoms. The number of piperazine rings is 1. The normalized spacial score (nSPS) is 18.8. The average molecular weight is 460 g/mol. The van der Waals surface area contributed by atoms with E-state index < -0.39 is 0 Å². The summed E-state index contributed by atoms with van der Waals surface area (Å²) in [6, 6.07) is 6.46. The number of nitrogens with zero attached hydrogens (tertiary/aromatic N) is 5. The summed E-state index contributed by atoms with van der Waals surface area (Å²) in [7, 11) is 2.15. The minimum absolute atomic E-state index is 0.738. The molecule has 6 nitrogen and oxygen atoms in total. The molecule has 0 unspecified atom stereocenters. The molecule has 4 rings (SSSR count). The Labute approximate surface area is 167 Å². The Hall–Kier alpha value is -2.00. The molecule has 0 saturated carbocycles. The Balaban J connectivity index is 1.47. The van der Waals surface area contributed by atoms with Gasteiger partial charge in [-0.3, -0.25) is 4.99 Å². The molecule has 1 aromatic heterocycles. The van der Waals surface area contributed by atoms with Crippen LogP contribution in [0.1, 0.15) is 11.1 Å². The second kappa shape index (κ2) is 7.71. The fourth-order valence-corrected chi connectivity index (χ4v) is 3.62.